The van der Waals surface area contributed by atoms with Gasteiger partial charge in [0.05, 0.1) is 7.11 Å². The summed E-state index contributed by atoms with van der Waals surface area (Å²) in [6, 6.07) is 7.36. The van der Waals surface area contributed by atoms with Crippen molar-refractivity contribution in [2.75, 3.05) is 26.7 Å². The Balaban J connectivity index is 2.19. The Bertz CT molecular complexity index is 695. The molecular formula is C20H29N3O5. The summed E-state index contributed by atoms with van der Waals surface area (Å²) in [5.74, 6) is 0.181. The van der Waals surface area contributed by atoms with Crippen molar-refractivity contribution >= 4 is 24.0 Å². The average molecular weight is 391 g/mol. The van der Waals surface area contributed by atoms with Crippen LogP contribution < -0.4 is 20.7 Å². The van der Waals surface area contributed by atoms with Gasteiger partial charge in [-0.3, -0.25) is 9.59 Å². The zero-order valence-electron chi connectivity index (χ0n) is 16.8. The van der Waals surface area contributed by atoms with E-state index in [-0.39, 0.29) is 24.8 Å². The molecule has 3 amide bonds. The zero-order chi connectivity index (χ0) is 21.0. The lowest BCUT2D eigenvalue weighted by molar-refractivity contribution is -0.121. The third kappa shape index (κ3) is 10.2. The molecule has 0 spiro atoms. The molecule has 0 atom stereocenters. The molecule has 0 unspecified atom stereocenters. The number of carbonyl (C=O) groups excluding carboxylic acids is 3. The van der Waals surface area contributed by atoms with Crippen molar-refractivity contribution in [1.29, 1.82) is 0 Å². The van der Waals surface area contributed by atoms with Gasteiger partial charge in [0.2, 0.25) is 11.8 Å². The minimum Gasteiger partial charge on any atom is -0.496 e. The van der Waals surface area contributed by atoms with Gasteiger partial charge >= 0.3 is 6.09 Å². The molecular weight excluding hydrogens is 362 g/mol. The number of rotatable bonds is 9. The number of para-hydroxylation sites is 1. The van der Waals surface area contributed by atoms with Gasteiger partial charge in [-0.15, -0.1) is 0 Å². The Kier molecular flexibility index (Phi) is 9.56. The fraction of sp³-hybridized carbons (Fsp3) is 0.450. The Morgan fingerprint density at radius 2 is 1.68 bits per heavy atom. The third-order valence-corrected chi connectivity index (χ3v) is 3.32. The van der Waals surface area contributed by atoms with E-state index in [0.29, 0.717) is 18.8 Å². The summed E-state index contributed by atoms with van der Waals surface area (Å²) in [5.41, 5.74) is 0.218. The normalized spacial score (nSPS) is 11.0. The SMILES string of the molecule is COc1ccccc1/C=C/C(=O)NCCNC(=O)CCNC(=O)OC(C)(C)C. The van der Waals surface area contributed by atoms with Crippen molar-refractivity contribution in [3.8, 4) is 5.75 Å². The Morgan fingerprint density at radius 3 is 2.36 bits per heavy atom. The molecule has 3 N–H and O–H groups in total. The van der Waals surface area contributed by atoms with Gasteiger partial charge < -0.3 is 25.4 Å². The van der Waals surface area contributed by atoms with Crippen molar-refractivity contribution in [1.82, 2.24) is 16.0 Å². The van der Waals surface area contributed by atoms with Gasteiger partial charge in [-0.2, -0.15) is 0 Å². The van der Waals surface area contributed by atoms with Crippen LogP contribution in [-0.4, -0.2) is 50.3 Å². The highest BCUT2D eigenvalue weighted by Crippen LogP contribution is 2.18. The van der Waals surface area contributed by atoms with Crippen LogP contribution in [0.25, 0.3) is 6.08 Å². The Labute approximate surface area is 165 Å². The second-order valence-electron chi connectivity index (χ2n) is 6.89. The van der Waals surface area contributed by atoms with Crippen molar-refractivity contribution in [3.05, 3.63) is 35.9 Å². The van der Waals surface area contributed by atoms with E-state index >= 15 is 0 Å². The number of alkyl carbamates (subject to hydrolysis) is 1. The van der Waals surface area contributed by atoms with E-state index < -0.39 is 11.7 Å². The lowest BCUT2D eigenvalue weighted by Gasteiger charge is -2.19. The van der Waals surface area contributed by atoms with Crippen molar-refractivity contribution in [2.24, 2.45) is 0 Å². The smallest absolute Gasteiger partial charge is 0.407 e. The van der Waals surface area contributed by atoms with E-state index in [1.807, 2.05) is 24.3 Å². The number of amides is 3. The zero-order valence-corrected chi connectivity index (χ0v) is 16.8. The molecule has 154 valence electrons. The molecule has 0 aliphatic rings. The van der Waals surface area contributed by atoms with E-state index in [9.17, 15) is 14.4 Å². The van der Waals surface area contributed by atoms with Crippen LogP contribution in [0.5, 0.6) is 5.75 Å². The lowest BCUT2D eigenvalue weighted by Crippen LogP contribution is -2.37. The number of carbonyl (C=O) groups is 3. The summed E-state index contributed by atoms with van der Waals surface area (Å²) >= 11 is 0. The molecule has 0 bridgehead atoms. The summed E-state index contributed by atoms with van der Waals surface area (Å²) in [6.45, 7) is 6.05. The van der Waals surface area contributed by atoms with Crippen molar-refractivity contribution in [3.63, 3.8) is 0 Å². The number of ether oxygens (including phenoxy) is 2. The van der Waals surface area contributed by atoms with E-state index in [4.69, 9.17) is 9.47 Å². The number of hydrogen-bond acceptors (Lipinski definition) is 5. The summed E-state index contributed by atoms with van der Waals surface area (Å²) < 4.78 is 10.3. The minimum absolute atomic E-state index is 0.126. The number of benzene rings is 1. The van der Waals surface area contributed by atoms with Crippen LogP contribution in [0.4, 0.5) is 4.79 Å². The fourth-order valence-electron chi connectivity index (χ4n) is 2.10. The predicted octanol–water partition coefficient (Wildman–Crippen LogP) is 1.86. The van der Waals surface area contributed by atoms with Crippen molar-refractivity contribution in [2.45, 2.75) is 32.8 Å². The third-order valence-electron chi connectivity index (χ3n) is 3.32. The standard InChI is InChI=1S/C20H29N3O5/c1-20(2,3)28-19(26)23-12-11-18(25)22-14-13-21-17(24)10-9-15-7-5-6-8-16(15)27-4/h5-10H,11-14H2,1-4H3,(H,21,24)(H,22,25)(H,23,26)/b10-9+. The van der Waals surface area contributed by atoms with E-state index in [0.717, 1.165) is 5.56 Å². The van der Waals surface area contributed by atoms with E-state index in [2.05, 4.69) is 16.0 Å². The Hall–Kier alpha value is -3.03. The first-order valence-electron chi connectivity index (χ1n) is 9.04. The monoisotopic (exact) mass is 391 g/mol. The molecule has 0 saturated carbocycles. The van der Waals surface area contributed by atoms with E-state index in [1.54, 1.807) is 34.0 Å². The molecule has 0 heterocycles. The second-order valence-corrected chi connectivity index (χ2v) is 6.89. The van der Waals surface area contributed by atoms with Crippen LogP contribution in [0.3, 0.4) is 0 Å². The minimum atomic E-state index is -0.579. The van der Waals surface area contributed by atoms with Gasteiger partial charge in [-0.05, 0) is 32.9 Å². The quantitative estimate of drug-likeness (QED) is 0.440. The van der Waals surface area contributed by atoms with Gasteiger partial charge in [0.15, 0.2) is 0 Å². The predicted molar refractivity (Wildman–Crippen MR) is 107 cm³/mol. The molecule has 8 nitrogen and oxygen atoms in total. The maximum atomic E-state index is 11.8. The molecule has 28 heavy (non-hydrogen) atoms. The average Bonchev–Trinajstić information content (AvgIpc) is 2.62. The topological polar surface area (TPSA) is 106 Å². The second kappa shape index (κ2) is 11.6. The van der Waals surface area contributed by atoms with Crippen molar-refractivity contribution < 1.29 is 23.9 Å². The summed E-state index contributed by atoms with van der Waals surface area (Å²) in [6.07, 6.45) is 2.63. The summed E-state index contributed by atoms with van der Waals surface area (Å²) in [4.78, 5) is 35.0. The number of hydrogen-bond donors (Lipinski definition) is 3. The molecule has 8 heteroatoms. The molecule has 0 aliphatic heterocycles. The largest absolute Gasteiger partial charge is 0.496 e. The molecule has 1 aromatic carbocycles. The van der Waals surface area contributed by atoms with E-state index in [1.165, 1.54) is 6.08 Å². The molecule has 1 rings (SSSR count). The number of nitrogens with one attached hydrogen (secondary N) is 3. The highest BCUT2D eigenvalue weighted by atomic mass is 16.6. The van der Waals surface area contributed by atoms with Gasteiger partial charge in [0.25, 0.3) is 0 Å². The molecule has 0 radical (unpaired) electrons. The van der Waals surface area contributed by atoms with Crippen LogP contribution in [0.1, 0.15) is 32.8 Å². The van der Waals surface area contributed by atoms with Gasteiger partial charge in [-0.25, -0.2) is 4.79 Å². The maximum Gasteiger partial charge on any atom is 0.407 e. The first-order chi connectivity index (χ1) is 13.2. The lowest BCUT2D eigenvalue weighted by atomic mass is 10.2. The molecule has 0 saturated heterocycles. The molecule has 0 fully saturated rings. The van der Waals surface area contributed by atoms with Crippen LogP contribution in [-0.2, 0) is 14.3 Å². The first-order valence-corrected chi connectivity index (χ1v) is 9.04. The van der Waals surface area contributed by atoms with Gasteiger partial charge in [0, 0.05) is 37.7 Å². The highest BCUT2D eigenvalue weighted by Gasteiger charge is 2.15. The van der Waals surface area contributed by atoms with Gasteiger partial charge in [0.1, 0.15) is 11.4 Å². The number of methoxy groups -OCH3 is 1. The summed E-state index contributed by atoms with van der Waals surface area (Å²) in [5, 5.41) is 7.85. The molecule has 0 aromatic heterocycles. The maximum absolute atomic E-state index is 11.8. The van der Waals surface area contributed by atoms with Crippen LogP contribution >= 0.6 is 0 Å². The molecule has 0 aliphatic carbocycles. The first kappa shape index (κ1) is 23.0. The van der Waals surface area contributed by atoms with Gasteiger partial charge in [-0.1, -0.05) is 18.2 Å². The summed E-state index contributed by atoms with van der Waals surface area (Å²) in [7, 11) is 1.57. The van der Waals surface area contributed by atoms with Crippen LogP contribution in [0.2, 0.25) is 0 Å². The Morgan fingerprint density at radius 1 is 1.00 bits per heavy atom. The molecule has 1 aromatic rings. The fourth-order valence-corrected chi connectivity index (χ4v) is 2.10. The van der Waals surface area contributed by atoms with Crippen LogP contribution in [0, 0.1) is 0 Å². The van der Waals surface area contributed by atoms with Crippen LogP contribution in [0.15, 0.2) is 30.3 Å². The highest BCUT2D eigenvalue weighted by molar-refractivity contribution is 5.92.